The summed E-state index contributed by atoms with van der Waals surface area (Å²) in [5, 5.41) is 5.00. The van der Waals surface area contributed by atoms with Crippen LogP contribution in [0.2, 0.25) is 0 Å². The van der Waals surface area contributed by atoms with Gasteiger partial charge < -0.3 is 5.73 Å². The van der Waals surface area contributed by atoms with E-state index in [-0.39, 0.29) is 4.90 Å². The molecule has 6 nitrogen and oxygen atoms in total. The van der Waals surface area contributed by atoms with Gasteiger partial charge in [-0.15, -0.1) is 0 Å². The third-order valence-electron chi connectivity index (χ3n) is 5.55. The topological polar surface area (TPSA) is 81.2 Å². The third-order valence-corrected chi connectivity index (χ3v) is 7.16. The van der Waals surface area contributed by atoms with E-state index in [1.165, 1.54) is 12.8 Å². The van der Waals surface area contributed by atoms with Gasteiger partial charge in [-0.3, -0.25) is 4.90 Å². The predicted octanol–water partition coefficient (Wildman–Crippen LogP) is 2.55. The number of rotatable bonds is 6. The van der Waals surface area contributed by atoms with E-state index >= 15 is 0 Å². The second kappa shape index (κ2) is 7.66. The molecule has 3 aromatic rings. The number of likely N-dealkylation sites (tertiary alicyclic amines) is 1. The lowest BCUT2D eigenvalue weighted by Crippen LogP contribution is -2.40. The van der Waals surface area contributed by atoms with Gasteiger partial charge in [-0.2, -0.15) is 17.6 Å². The fourth-order valence-electron chi connectivity index (χ4n) is 3.93. The minimum Gasteiger partial charge on any atom is -0.329 e. The number of benzene rings is 2. The van der Waals surface area contributed by atoms with Gasteiger partial charge in [0.1, 0.15) is 0 Å². The Labute approximate surface area is 166 Å². The van der Waals surface area contributed by atoms with E-state index < -0.39 is 10.0 Å². The van der Waals surface area contributed by atoms with Crippen LogP contribution in [0.25, 0.3) is 10.9 Å². The van der Waals surface area contributed by atoms with E-state index in [0.717, 1.165) is 40.1 Å². The van der Waals surface area contributed by atoms with Crippen molar-refractivity contribution in [1.29, 1.82) is 0 Å². The van der Waals surface area contributed by atoms with E-state index in [9.17, 15) is 8.42 Å². The fraction of sp³-hybridized carbons (Fsp3) is 0.381. The summed E-state index contributed by atoms with van der Waals surface area (Å²) in [6.07, 6.45) is 4.96. The van der Waals surface area contributed by atoms with Gasteiger partial charge in [-0.25, -0.2) is 0 Å². The highest BCUT2D eigenvalue weighted by Gasteiger charge is 2.23. The van der Waals surface area contributed by atoms with Gasteiger partial charge in [0.25, 0.3) is 10.0 Å². The Bertz CT molecular complexity index is 1070. The molecule has 4 rings (SSSR count). The summed E-state index contributed by atoms with van der Waals surface area (Å²) in [6, 6.07) is 13.0. The smallest absolute Gasteiger partial charge is 0.283 e. The van der Waals surface area contributed by atoms with Crippen LogP contribution in [0.15, 0.2) is 53.6 Å². The molecule has 1 fully saturated rings. The maximum Gasteiger partial charge on any atom is 0.283 e. The average Bonchev–Trinajstić information content (AvgIpc) is 3.36. The van der Waals surface area contributed by atoms with Crippen LogP contribution in [0.5, 0.6) is 0 Å². The Morgan fingerprint density at radius 1 is 1.11 bits per heavy atom. The Balaban J connectivity index is 1.63. The maximum absolute atomic E-state index is 13.0. The van der Waals surface area contributed by atoms with Crippen molar-refractivity contribution in [3.05, 3.63) is 59.8 Å². The number of hydrogen-bond acceptors (Lipinski definition) is 5. The molecule has 1 saturated heterocycles. The highest BCUT2D eigenvalue weighted by atomic mass is 32.2. The van der Waals surface area contributed by atoms with Gasteiger partial charge in [-0.1, -0.05) is 23.8 Å². The summed E-state index contributed by atoms with van der Waals surface area (Å²) in [4.78, 5) is 2.69. The molecule has 148 valence electrons. The van der Waals surface area contributed by atoms with Gasteiger partial charge >= 0.3 is 0 Å². The average molecular weight is 399 g/mol. The molecule has 2 heterocycles. The molecule has 1 atom stereocenters. The van der Waals surface area contributed by atoms with E-state index in [1.807, 2.05) is 25.1 Å². The first-order valence-electron chi connectivity index (χ1n) is 9.72. The Morgan fingerprint density at radius 2 is 1.82 bits per heavy atom. The second-order valence-electron chi connectivity index (χ2n) is 7.54. The van der Waals surface area contributed by atoms with Gasteiger partial charge in [0.05, 0.1) is 16.6 Å². The lowest BCUT2D eigenvalue weighted by Gasteiger charge is -2.26. The van der Waals surface area contributed by atoms with Crippen LogP contribution in [0, 0.1) is 6.92 Å². The van der Waals surface area contributed by atoms with Crippen LogP contribution < -0.4 is 5.73 Å². The zero-order chi connectivity index (χ0) is 19.7. The molecule has 2 N–H and O–H groups in total. The molecule has 0 spiro atoms. The summed E-state index contributed by atoms with van der Waals surface area (Å²) in [6.45, 7) is 4.77. The number of fused-ring (bicyclic) bond motifs is 1. The van der Waals surface area contributed by atoms with E-state index in [1.54, 1.807) is 30.5 Å². The fourth-order valence-corrected chi connectivity index (χ4v) is 5.20. The molecule has 0 unspecified atom stereocenters. The lowest BCUT2D eigenvalue weighted by atomic mass is 10.0. The zero-order valence-corrected chi connectivity index (χ0v) is 16.9. The summed E-state index contributed by atoms with van der Waals surface area (Å²) in [5.41, 5.74) is 8.77. The summed E-state index contributed by atoms with van der Waals surface area (Å²) in [7, 11) is -3.72. The monoisotopic (exact) mass is 398 g/mol. The van der Waals surface area contributed by atoms with Gasteiger partial charge in [0.15, 0.2) is 0 Å². The standard InChI is InChI=1S/C21H26N4O2S/c1-16-4-7-20(8-5-16)28(26,27)25-21-9-6-17(12-18(21)15-23-25)13-19(14-22)24-10-2-3-11-24/h4-9,12,15,19H,2-3,10-11,13-14,22H2,1H3/t19-/m0/s1. The van der Waals surface area contributed by atoms with Crippen LogP contribution in [0.1, 0.15) is 24.0 Å². The summed E-state index contributed by atoms with van der Waals surface area (Å²) >= 11 is 0. The number of aromatic nitrogens is 2. The maximum atomic E-state index is 13.0. The van der Waals surface area contributed by atoms with Crippen LogP contribution in [-0.2, 0) is 16.4 Å². The molecular weight excluding hydrogens is 372 g/mol. The van der Waals surface area contributed by atoms with E-state index in [4.69, 9.17) is 5.73 Å². The minimum atomic E-state index is -3.72. The lowest BCUT2D eigenvalue weighted by molar-refractivity contribution is 0.246. The third kappa shape index (κ3) is 3.57. The van der Waals surface area contributed by atoms with Crippen LogP contribution in [0.4, 0.5) is 0 Å². The van der Waals surface area contributed by atoms with Crippen LogP contribution >= 0.6 is 0 Å². The minimum absolute atomic E-state index is 0.240. The van der Waals surface area contributed by atoms with Crippen LogP contribution in [0.3, 0.4) is 0 Å². The molecule has 28 heavy (non-hydrogen) atoms. The number of aryl methyl sites for hydroxylation is 1. The summed E-state index contributed by atoms with van der Waals surface area (Å²) < 4.78 is 27.1. The molecular formula is C21H26N4O2S. The second-order valence-corrected chi connectivity index (χ2v) is 9.30. The molecule has 2 aromatic carbocycles. The largest absolute Gasteiger partial charge is 0.329 e. The zero-order valence-electron chi connectivity index (χ0n) is 16.1. The van der Waals surface area contributed by atoms with Gasteiger partial charge in [0.2, 0.25) is 0 Å². The highest BCUT2D eigenvalue weighted by molar-refractivity contribution is 7.90. The van der Waals surface area contributed by atoms with Crippen molar-refractivity contribution in [2.75, 3.05) is 19.6 Å². The van der Waals surface area contributed by atoms with Crippen molar-refractivity contribution in [2.24, 2.45) is 5.73 Å². The van der Waals surface area contributed by atoms with Gasteiger partial charge in [0, 0.05) is 18.0 Å². The molecule has 0 bridgehead atoms. The van der Waals surface area contributed by atoms with E-state index in [2.05, 4.69) is 10.00 Å². The van der Waals surface area contributed by atoms with Crippen molar-refractivity contribution < 1.29 is 8.42 Å². The predicted molar refractivity (Wildman–Crippen MR) is 111 cm³/mol. The Kier molecular flexibility index (Phi) is 5.23. The normalized spacial score (nSPS) is 16.6. The van der Waals surface area contributed by atoms with Crippen molar-refractivity contribution in [2.45, 2.75) is 37.1 Å². The van der Waals surface area contributed by atoms with Crippen molar-refractivity contribution in [3.8, 4) is 0 Å². The van der Waals surface area contributed by atoms with Crippen molar-refractivity contribution in [1.82, 2.24) is 14.1 Å². The summed E-state index contributed by atoms with van der Waals surface area (Å²) in [5.74, 6) is 0. The number of nitrogens with two attached hydrogens (primary N) is 1. The molecule has 1 aromatic heterocycles. The molecule has 1 aliphatic heterocycles. The quantitative estimate of drug-likeness (QED) is 0.690. The van der Waals surface area contributed by atoms with Crippen molar-refractivity contribution >= 4 is 20.9 Å². The number of hydrogen-bond donors (Lipinski definition) is 1. The SMILES string of the molecule is Cc1ccc(S(=O)(=O)n2ncc3cc(C[C@@H](CN)N4CCCC4)ccc32)cc1. The highest BCUT2D eigenvalue weighted by Crippen LogP contribution is 2.23. The molecule has 7 heteroatoms. The van der Waals surface area contributed by atoms with Crippen molar-refractivity contribution in [3.63, 3.8) is 0 Å². The molecule has 1 aliphatic rings. The molecule has 0 saturated carbocycles. The Morgan fingerprint density at radius 3 is 2.50 bits per heavy atom. The van der Waals surface area contributed by atoms with E-state index in [0.29, 0.717) is 18.1 Å². The first kappa shape index (κ1) is 19.1. The first-order chi connectivity index (χ1) is 13.5. The first-order valence-corrected chi connectivity index (χ1v) is 11.2. The molecule has 0 amide bonds. The molecule has 0 radical (unpaired) electrons. The number of nitrogens with zero attached hydrogens (tertiary/aromatic N) is 3. The van der Waals surface area contributed by atoms with Gasteiger partial charge in [-0.05, 0) is 69.1 Å². The Hall–Kier alpha value is -2.22. The molecule has 0 aliphatic carbocycles. The van der Waals surface area contributed by atoms with Crippen LogP contribution in [-0.4, -0.2) is 48.2 Å².